The van der Waals surface area contributed by atoms with E-state index in [0.717, 1.165) is 32.3 Å². The van der Waals surface area contributed by atoms with Gasteiger partial charge in [0.05, 0.1) is 6.20 Å². The average Bonchev–Trinajstić information content (AvgIpc) is 2.86. The van der Waals surface area contributed by atoms with Gasteiger partial charge in [-0.25, -0.2) is 4.79 Å². The Balaban J connectivity index is 2.22. The van der Waals surface area contributed by atoms with Crippen LogP contribution in [0.15, 0.2) is 15.8 Å². The summed E-state index contributed by atoms with van der Waals surface area (Å²) in [6.45, 7) is 4.65. The number of H-pyrrole nitrogens is 1. The van der Waals surface area contributed by atoms with Gasteiger partial charge in [-0.2, -0.15) is 4.39 Å². The summed E-state index contributed by atoms with van der Waals surface area (Å²) >= 11 is 0. The largest absolute Gasteiger partial charge is 0.463 e. The summed E-state index contributed by atoms with van der Waals surface area (Å²) in [7, 11) is 0. The monoisotopic (exact) mass is 602 g/mol. The molecule has 0 saturated carbocycles. The lowest BCUT2D eigenvalue weighted by molar-refractivity contribution is -0.257. The van der Waals surface area contributed by atoms with E-state index in [4.69, 9.17) is 23.7 Å². The van der Waals surface area contributed by atoms with E-state index in [2.05, 4.69) is 10.6 Å². The van der Waals surface area contributed by atoms with Crippen molar-refractivity contribution in [2.45, 2.75) is 84.3 Å². The summed E-state index contributed by atoms with van der Waals surface area (Å²) < 4.78 is 40.7. The molecule has 1 aromatic rings. The minimum atomic E-state index is -1.56. The van der Waals surface area contributed by atoms with Crippen LogP contribution in [0, 0.1) is 5.82 Å². The lowest BCUT2D eigenvalue weighted by Crippen LogP contribution is -2.67. The van der Waals surface area contributed by atoms with Crippen molar-refractivity contribution in [3.8, 4) is 0 Å². The standard InChI is InChI=1S/C24H31FN4O13/c1-10(26-17(34)6-7-29-8-15(25)22(36)28-24(29)37)21(35)27-23-20(41-14(5)33)19(40-13(4)32)18(39-12(3)31)16(42-23)9-38-11(2)30/h8,10,16,18-20,23H,6-7,9H2,1-5H3,(H,26,34)(H,27,35)(H,28,36,37)/t10?,16-,18+,19+,20-,23-/m1/s1. The van der Waals surface area contributed by atoms with Crippen LogP contribution < -0.4 is 21.9 Å². The van der Waals surface area contributed by atoms with Gasteiger partial charge in [0.1, 0.15) is 18.8 Å². The minimum Gasteiger partial charge on any atom is -0.463 e. The summed E-state index contributed by atoms with van der Waals surface area (Å²) in [6, 6.07) is -1.26. The van der Waals surface area contributed by atoms with Crippen LogP contribution in [0.5, 0.6) is 0 Å². The summed E-state index contributed by atoms with van der Waals surface area (Å²) in [4.78, 5) is 97.1. The third-order valence-electron chi connectivity index (χ3n) is 5.59. The first-order valence-electron chi connectivity index (χ1n) is 12.5. The number of carbonyl (C=O) groups excluding carboxylic acids is 6. The zero-order valence-electron chi connectivity index (χ0n) is 23.3. The summed E-state index contributed by atoms with van der Waals surface area (Å²) in [6.07, 6.45) is -7.12. The molecule has 6 atom stereocenters. The predicted molar refractivity (Wildman–Crippen MR) is 134 cm³/mol. The maximum Gasteiger partial charge on any atom is 0.328 e. The second-order valence-electron chi connectivity index (χ2n) is 9.10. The second kappa shape index (κ2) is 14.9. The molecule has 0 radical (unpaired) electrons. The van der Waals surface area contributed by atoms with E-state index in [1.54, 1.807) is 4.98 Å². The third kappa shape index (κ3) is 9.79. The lowest BCUT2D eigenvalue weighted by atomic mass is 9.97. The third-order valence-corrected chi connectivity index (χ3v) is 5.59. The number of nitrogens with one attached hydrogen (secondary N) is 3. The van der Waals surface area contributed by atoms with E-state index in [0.29, 0.717) is 6.20 Å². The highest BCUT2D eigenvalue weighted by atomic mass is 19.1. The van der Waals surface area contributed by atoms with Crippen LogP contribution in [0.2, 0.25) is 0 Å². The molecule has 1 aliphatic heterocycles. The fraction of sp³-hybridized carbons (Fsp3) is 0.583. The highest BCUT2D eigenvalue weighted by Gasteiger charge is 2.52. The zero-order chi connectivity index (χ0) is 31.7. The Morgan fingerprint density at radius 3 is 2.10 bits per heavy atom. The second-order valence-corrected chi connectivity index (χ2v) is 9.10. The Bertz CT molecular complexity index is 1330. The van der Waals surface area contributed by atoms with E-state index in [9.17, 15) is 42.7 Å². The fourth-order valence-corrected chi connectivity index (χ4v) is 3.86. The van der Waals surface area contributed by atoms with Crippen LogP contribution in [0.4, 0.5) is 4.39 Å². The predicted octanol–water partition coefficient (Wildman–Crippen LogP) is -2.23. The van der Waals surface area contributed by atoms with Crippen LogP contribution in [-0.2, 0) is 59.0 Å². The van der Waals surface area contributed by atoms with Gasteiger partial charge >= 0.3 is 29.6 Å². The normalized spacial score (nSPS) is 22.2. The van der Waals surface area contributed by atoms with E-state index in [-0.39, 0.29) is 13.0 Å². The first-order chi connectivity index (χ1) is 19.6. The quantitative estimate of drug-likeness (QED) is 0.180. The van der Waals surface area contributed by atoms with Crippen LogP contribution in [0.25, 0.3) is 0 Å². The molecule has 42 heavy (non-hydrogen) atoms. The van der Waals surface area contributed by atoms with Crippen molar-refractivity contribution < 1.29 is 56.8 Å². The number of rotatable bonds is 11. The topological polar surface area (TPSA) is 227 Å². The number of aromatic nitrogens is 2. The Morgan fingerprint density at radius 1 is 0.952 bits per heavy atom. The number of amides is 2. The van der Waals surface area contributed by atoms with Crippen molar-refractivity contribution in [3.63, 3.8) is 0 Å². The summed E-state index contributed by atoms with van der Waals surface area (Å²) in [5.74, 6) is -6.15. The van der Waals surface area contributed by atoms with Crippen molar-refractivity contribution in [2.75, 3.05) is 6.61 Å². The molecule has 0 aromatic carbocycles. The molecule has 2 rings (SSSR count). The highest BCUT2D eigenvalue weighted by Crippen LogP contribution is 2.28. The molecule has 0 aliphatic carbocycles. The number of hydrogen-bond acceptors (Lipinski definition) is 13. The highest BCUT2D eigenvalue weighted by molar-refractivity contribution is 5.87. The number of aryl methyl sites for hydroxylation is 1. The smallest absolute Gasteiger partial charge is 0.328 e. The molecule has 232 valence electrons. The van der Waals surface area contributed by atoms with Gasteiger partial charge in [-0.05, 0) is 6.92 Å². The van der Waals surface area contributed by atoms with Gasteiger partial charge in [0.25, 0.3) is 5.56 Å². The van der Waals surface area contributed by atoms with Crippen LogP contribution in [-0.4, -0.2) is 88.5 Å². The molecule has 0 bridgehead atoms. The molecule has 2 heterocycles. The summed E-state index contributed by atoms with van der Waals surface area (Å²) in [5.41, 5.74) is -2.16. The molecule has 18 heteroatoms. The molecule has 17 nitrogen and oxygen atoms in total. The van der Waals surface area contributed by atoms with E-state index < -0.39 is 96.1 Å². The van der Waals surface area contributed by atoms with Gasteiger partial charge in [0, 0.05) is 40.7 Å². The SMILES string of the molecule is CC(=O)OC[C@H]1O[C@@H](NC(=O)C(C)NC(=O)CCn2cc(F)c(=O)[nH]c2=O)[C@H](OC(C)=O)[C@@H](OC(C)=O)[C@H]1OC(C)=O. The Labute approximate surface area is 236 Å². The van der Waals surface area contributed by atoms with E-state index in [1.807, 2.05) is 0 Å². The maximum atomic E-state index is 13.5. The van der Waals surface area contributed by atoms with Gasteiger partial charge < -0.3 is 34.3 Å². The molecule has 1 fully saturated rings. The number of carbonyl (C=O) groups is 6. The van der Waals surface area contributed by atoms with Crippen molar-refractivity contribution in [2.24, 2.45) is 0 Å². The van der Waals surface area contributed by atoms with Gasteiger partial charge in [-0.3, -0.25) is 43.1 Å². The van der Waals surface area contributed by atoms with Crippen LogP contribution >= 0.6 is 0 Å². The number of nitrogens with zero attached hydrogens (tertiary/aromatic N) is 1. The first kappa shape index (κ1) is 33.6. The van der Waals surface area contributed by atoms with Crippen molar-refractivity contribution >= 4 is 35.7 Å². The van der Waals surface area contributed by atoms with Crippen molar-refractivity contribution in [1.82, 2.24) is 20.2 Å². The molecule has 2 amide bonds. The average molecular weight is 603 g/mol. The molecule has 1 saturated heterocycles. The molecular formula is C24H31FN4O13. The van der Waals surface area contributed by atoms with E-state index in [1.165, 1.54) is 6.92 Å². The van der Waals surface area contributed by atoms with Crippen molar-refractivity contribution in [1.29, 1.82) is 0 Å². The molecule has 1 unspecified atom stereocenters. The molecule has 3 N–H and O–H groups in total. The number of hydrogen-bond donors (Lipinski definition) is 3. The van der Waals surface area contributed by atoms with Gasteiger partial charge in [0.2, 0.25) is 17.6 Å². The molecular weight excluding hydrogens is 571 g/mol. The number of esters is 4. The van der Waals surface area contributed by atoms with E-state index >= 15 is 0 Å². The number of halogens is 1. The lowest BCUT2D eigenvalue weighted by Gasteiger charge is -2.44. The maximum absolute atomic E-state index is 13.5. The van der Waals surface area contributed by atoms with Crippen LogP contribution in [0.1, 0.15) is 41.0 Å². The minimum absolute atomic E-state index is 0.327. The van der Waals surface area contributed by atoms with Crippen molar-refractivity contribution in [3.05, 3.63) is 32.9 Å². The van der Waals surface area contributed by atoms with Gasteiger partial charge in [-0.15, -0.1) is 0 Å². The number of aromatic amines is 1. The first-order valence-corrected chi connectivity index (χ1v) is 12.5. The van der Waals surface area contributed by atoms with Crippen LogP contribution in [0.3, 0.4) is 0 Å². The molecule has 1 aromatic heterocycles. The number of ether oxygens (including phenoxy) is 5. The Hall–Kier alpha value is -4.61. The molecule has 1 aliphatic rings. The molecule has 0 spiro atoms. The Morgan fingerprint density at radius 2 is 1.52 bits per heavy atom. The van der Waals surface area contributed by atoms with Gasteiger partial charge in [-0.1, -0.05) is 0 Å². The summed E-state index contributed by atoms with van der Waals surface area (Å²) in [5, 5.41) is 4.75. The Kier molecular flexibility index (Phi) is 11.9. The fourth-order valence-electron chi connectivity index (χ4n) is 3.86. The zero-order valence-corrected chi connectivity index (χ0v) is 23.3. The van der Waals surface area contributed by atoms with Gasteiger partial charge in [0.15, 0.2) is 24.5 Å².